The second kappa shape index (κ2) is 7.46. The van der Waals surface area contributed by atoms with Crippen LogP contribution in [0.2, 0.25) is 0 Å². The zero-order valence-corrected chi connectivity index (χ0v) is 18.7. The van der Waals surface area contributed by atoms with Gasteiger partial charge in [-0.15, -0.1) is 11.3 Å². The standard InChI is InChI=1S/C25H18N6OS/c1-13-7-9-26-12-16(13)17-3-4-19-24(29-17)25(31-30-19)20-11-15-18(28-20)8-10-27-23(15)22-6-5-21(33-22)14(2)32/h3-12,28H,1-2H3,(H,30,31). The largest absolute Gasteiger partial charge is 0.353 e. The van der Waals surface area contributed by atoms with E-state index in [0.717, 1.165) is 65.6 Å². The summed E-state index contributed by atoms with van der Waals surface area (Å²) in [5.74, 6) is 0.0573. The number of pyridine rings is 3. The van der Waals surface area contributed by atoms with Crippen molar-refractivity contribution in [1.82, 2.24) is 30.1 Å². The summed E-state index contributed by atoms with van der Waals surface area (Å²) in [6.07, 6.45) is 5.39. The molecule has 0 saturated carbocycles. The minimum Gasteiger partial charge on any atom is -0.353 e. The molecule has 0 aliphatic heterocycles. The summed E-state index contributed by atoms with van der Waals surface area (Å²) in [5.41, 5.74) is 7.98. The highest BCUT2D eigenvalue weighted by molar-refractivity contribution is 7.17. The Kier molecular flexibility index (Phi) is 4.41. The third-order valence-electron chi connectivity index (χ3n) is 5.71. The summed E-state index contributed by atoms with van der Waals surface area (Å²) in [5, 5.41) is 8.61. The van der Waals surface area contributed by atoms with Crippen LogP contribution >= 0.6 is 11.3 Å². The smallest absolute Gasteiger partial charge is 0.169 e. The van der Waals surface area contributed by atoms with E-state index in [1.54, 1.807) is 19.3 Å². The van der Waals surface area contributed by atoms with Gasteiger partial charge in [0.1, 0.15) is 11.2 Å². The van der Waals surface area contributed by atoms with E-state index in [-0.39, 0.29) is 5.78 Å². The number of aromatic nitrogens is 6. The first-order valence-corrected chi connectivity index (χ1v) is 11.3. The molecule has 0 spiro atoms. The van der Waals surface area contributed by atoms with Crippen LogP contribution in [0.15, 0.2) is 61.1 Å². The van der Waals surface area contributed by atoms with Gasteiger partial charge in [0.25, 0.3) is 0 Å². The Morgan fingerprint density at radius 2 is 1.91 bits per heavy atom. The van der Waals surface area contributed by atoms with Gasteiger partial charge in [-0.3, -0.25) is 19.9 Å². The molecule has 6 rings (SSSR count). The van der Waals surface area contributed by atoms with Gasteiger partial charge < -0.3 is 4.98 Å². The Morgan fingerprint density at radius 3 is 2.73 bits per heavy atom. The molecule has 8 heteroatoms. The van der Waals surface area contributed by atoms with E-state index in [9.17, 15) is 4.79 Å². The fourth-order valence-corrected chi connectivity index (χ4v) is 4.91. The molecule has 0 unspecified atom stereocenters. The number of carbonyl (C=O) groups is 1. The van der Waals surface area contributed by atoms with Crippen LogP contribution in [-0.4, -0.2) is 35.9 Å². The first-order chi connectivity index (χ1) is 16.1. The van der Waals surface area contributed by atoms with Gasteiger partial charge >= 0.3 is 0 Å². The lowest BCUT2D eigenvalue weighted by Crippen LogP contribution is -1.89. The summed E-state index contributed by atoms with van der Waals surface area (Å²) in [6.45, 7) is 3.63. The third kappa shape index (κ3) is 3.23. The molecule has 33 heavy (non-hydrogen) atoms. The van der Waals surface area contributed by atoms with Crippen LogP contribution in [0.1, 0.15) is 22.2 Å². The number of Topliss-reactive ketones (excluding diaryl/α,β-unsaturated/α-hetero) is 1. The lowest BCUT2D eigenvalue weighted by Gasteiger charge is -2.04. The monoisotopic (exact) mass is 450 g/mol. The molecule has 0 amide bonds. The molecule has 0 fully saturated rings. The van der Waals surface area contributed by atoms with Crippen molar-refractivity contribution in [2.45, 2.75) is 13.8 Å². The van der Waals surface area contributed by atoms with Crippen LogP contribution in [0.4, 0.5) is 0 Å². The predicted octanol–water partition coefficient (Wildman–Crippen LogP) is 5.80. The van der Waals surface area contributed by atoms with E-state index in [2.05, 4.69) is 25.1 Å². The Bertz CT molecular complexity index is 1680. The van der Waals surface area contributed by atoms with E-state index in [1.165, 1.54) is 11.3 Å². The maximum atomic E-state index is 11.7. The zero-order chi connectivity index (χ0) is 22.5. The molecule has 2 N–H and O–H groups in total. The van der Waals surface area contributed by atoms with Crippen LogP contribution < -0.4 is 0 Å². The lowest BCUT2D eigenvalue weighted by atomic mass is 10.1. The molecule has 6 aromatic rings. The van der Waals surface area contributed by atoms with Gasteiger partial charge in [0.15, 0.2) is 5.78 Å². The van der Waals surface area contributed by atoms with E-state index >= 15 is 0 Å². The van der Waals surface area contributed by atoms with Gasteiger partial charge in [0, 0.05) is 35.1 Å². The fraction of sp³-hybridized carbons (Fsp3) is 0.0800. The molecule has 6 heterocycles. The van der Waals surface area contributed by atoms with Crippen molar-refractivity contribution < 1.29 is 4.79 Å². The van der Waals surface area contributed by atoms with Crippen LogP contribution in [0, 0.1) is 6.92 Å². The highest BCUT2D eigenvalue weighted by Crippen LogP contribution is 2.35. The Morgan fingerprint density at radius 1 is 1.00 bits per heavy atom. The topological polar surface area (TPSA) is 100 Å². The number of carbonyl (C=O) groups excluding carboxylic acids is 1. The predicted molar refractivity (Wildman–Crippen MR) is 130 cm³/mol. The fourth-order valence-electron chi connectivity index (χ4n) is 4.00. The maximum Gasteiger partial charge on any atom is 0.169 e. The highest BCUT2D eigenvalue weighted by Gasteiger charge is 2.17. The van der Waals surface area contributed by atoms with Crippen molar-refractivity contribution in [2.24, 2.45) is 0 Å². The van der Waals surface area contributed by atoms with Gasteiger partial charge in [-0.25, -0.2) is 4.98 Å². The first-order valence-electron chi connectivity index (χ1n) is 10.4. The molecule has 0 aliphatic rings. The SMILES string of the molecule is CC(=O)c1ccc(-c2nccc3[nH]c(-c4n[nH]c5ccc(-c6cnccc6C)nc45)cc23)s1. The summed E-state index contributed by atoms with van der Waals surface area (Å²) in [4.78, 5) is 30.7. The summed E-state index contributed by atoms with van der Waals surface area (Å²) >= 11 is 1.45. The molecule has 6 aromatic heterocycles. The van der Waals surface area contributed by atoms with Gasteiger partial charge in [-0.1, -0.05) is 0 Å². The minimum absolute atomic E-state index is 0.0573. The summed E-state index contributed by atoms with van der Waals surface area (Å²) in [7, 11) is 0. The van der Waals surface area contributed by atoms with Crippen molar-refractivity contribution in [3.63, 3.8) is 0 Å². The normalized spacial score (nSPS) is 11.5. The molecule has 7 nitrogen and oxygen atoms in total. The quantitative estimate of drug-likeness (QED) is 0.331. The number of ketones is 1. The Labute approximate surface area is 192 Å². The number of rotatable bonds is 4. The van der Waals surface area contributed by atoms with Crippen molar-refractivity contribution >= 4 is 39.1 Å². The average Bonchev–Trinajstić information content (AvgIpc) is 3.56. The highest BCUT2D eigenvalue weighted by atomic mass is 32.1. The molecule has 0 bridgehead atoms. The molecule has 0 radical (unpaired) electrons. The van der Waals surface area contributed by atoms with Gasteiger partial charge in [-0.05, 0) is 61.9 Å². The number of nitrogens with one attached hydrogen (secondary N) is 2. The van der Waals surface area contributed by atoms with E-state index < -0.39 is 0 Å². The molecule has 0 aliphatic carbocycles. The van der Waals surface area contributed by atoms with Crippen LogP contribution in [0.5, 0.6) is 0 Å². The van der Waals surface area contributed by atoms with Crippen LogP contribution in [-0.2, 0) is 0 Å². The summed E-state index contributed by atoms with van der Waals surface area (Å²) < 4.78 is 0. The number of thiophene rings is 1. The molecular weight excluding hydrogens is 432 g/mol. The molecule has 160 valence electrons. The van der Waals surface area contributed by atoms with Gasteiger partial charge in [0.05, 0.1) is 32.4 Å². The number of aryl methyl sites for hydroxylation is 1. The Hall–Kier alpha value is -4.17. The van der Waals surface area contributed by atoms with Gasteiger partial charge in [0.2, 0.25) is 0 Å². The van der Waals surface area contributed by atoms with Crippen molar-refractivity contribution in [1.29, 1.82) is 0 Å². The van der Waals surface area contributed by atoms with Crippen molar-refractivity contribution in [2.75, 3.05) is 0 Å². The second-order valence-electron chi connectivity index (χ2n) is 7.88. The van der Waals surface area contributed by atoms with Crippen LogP contribution in [0.3, 0.4) is 0 Å². The maximum absolute atomic E-state index is 11.7. The molecule has 0 atom stereocenters. The zero-order valence-electron chi connectivity index (χ0n) is 17.9. The van der Waals surface area contributed by atoms with Crippen molar-refractivity contribution in [3.8, 4) is 33.2 Å². The molecule has 0 aromatic carbocycles. The number of aromatic amines is 2. The number of hydrogen-bond donors (Lipinski definition) is 2. The lowest BCUT2D eigenvalue weighted by molar-refractivity contribution is 0.102. The number of hydrogen-bond acceptors (Lipinski definition) is 6. The average molecular weight is 451 g/mol. The summed E-state index contributed by atoms with van der Waals surface area (Å²) in [6, 6.07) is 13.7. The second-order valence-corrected chi connectivity index (χ2v) is 8.96. The number of fused-ring (bicyclic) bond motifs is 2. The Balaban J connectivity index is 1.49. The van der Waals surface area contributed by atoms with Gasteiger partial charge in [-0.2, -0.15) is 5.10 Å². The number of nitrogens with zero attached hydrogens (tertiary/aromatic N) is 4. The van der Waals surface area contributed by atoms with Crippen molar-refractivity contribution in [3.05, 3.63) is 71.5 Å². The van der Waals surface area contributed by atoms with Crippen LogP contribution in [0.25, 0.3) is 55.2 Å². The van der Waals surface area contributed by atoms with E-state index in [4.69, 9.17) is 4.98 Å². The molecule has 0 saturated heterocycles. The van der Waals surface area contributed by atoms with E-state index in [1.807, 2.05) is 55.6 Å². The third-order valence-corrected chi connectivity index (χ3v) is 6.91. The van der Waals surface area contributed by atoms with E-state index in [0.29, 0.717) is 0 Å². The first kappa shape index (κ1) is 19.5. The number of H-pyrrole nitrogens is 2. The minimum atomic E-state index is 0.0573. The molecular formula is C25H18N6OS.